The van der Waals surface area contributed by atoms with E-state index in [9.17, 15) is 26.4 Å². The van der Waals surface area contributed by atoms with Gasteiger partial charge in [-0.2, -0.15) is 8.42 Å². The molecule has 0 bridgehead atoms. The van der Waals surface area contributed by atoms with Crippen molar-refractivity contribution in [3.8, 4) is 5.75 Å². The van der Waals surface area contributed by atoms with E-state index in [4.69, 9.17) is 4.18 Å². The second kappa shape index (κ2) is 10.0. The molecular formula is C16H13NaO9S2. The van der Waals surface area contributed by atoms with Crippen LogP contribution in [0, 0.1) is 0 Å². The van der Waals surface area contributed by atoms with Crippen LogP contribution in [0.3, 0.4) is 0 Å². The molecule has 144 valence electrons. The van der Waals surface area contributed by atoms with Crippen LogP contribution < -0.4 is 33.7 Å². The molecule has 9 nitrogen and oxygen atoms in total. The first-order valence-electron chi connectivity index (χ1n) is 7.13. The largest absolute Gasteiger partial charge is 1.00 e. The summed E-state index contributed by atoms with van der Waals surface area (Å²) in [5, 5.41) is 0. The van der Waals surface area contributed by atoms with Gasteiger partial charge in [-0.15, -0.1) is 0 Å². The topological polar surface area (TPSA) is 130 Å². The van der Waals surface area contributed by atoms with Gasteiger partial charge in [-0.3, -0.25) is 0 Å². The van der Waals surface area contributed by atoms with Gasteiger partial charge in [0.05, 0.1) is 25.3 Å². The van der Waals surface area contributed by atoms with Gasteiger partial charge >= 0.3 is 51.6 Å². The van der Waals surface area contributed by atoms with Gasteiger partial charge in [-0.1, -0.05) is 17.0 Å². The summed E-state index contributed by atoms with van der Waals surface area (Å²) in [5.41, 5.74) is -0.389. The average molecular weight is 436 g/mol. The molecule has 2 aromatic rings. The van der Waals surface area contributed by atoms with Gasteiger partial charge in [0.1, 0.15) is 10.6 Å². The molecule has 0 unspecified atom stereocenters. The average Bonchev–Trinajstić information content (AvgIpc) is 2.66. The minimum absolute atomic E-state index is 0. The molecule has 0 atom stereocenters. The number of methoxy groups -OCH3 is 2. The van der Waals surface area contributed by atoms with Crippen LogP contribution >= 0.6 is 0 Å². The number of esters is 2. The Morgan fingerprint density at radius 3 is 1.71 bits per heavy atom. The number of benzene rings is 2. The van der Waals surface area contributed by atoms with Crippen molar-refractivity contribution in [1.82, 2.24) is 0 Å². The van der Waals surface area contributed by atoms with Crippen molar-refractivity contribution in [3.63, 3.8) is 0 Å². The van der Waals surface area contributed by atoms with Gasteiger partial charge in [0.25, 0.3) is 0 Å². The van der Waals surface area contributed by atoms with Gasteiger partial charge in [0.2, 0.25) is 0 Å². The third-order valence-corrected chi connectivity index (χ3v) is 5.14. The molecule has 0 aliphatic carbocycles. The molecule has 28 heavy (non-hydrogen) atoms. The zero-order chi connectivity index (χ0) is 20.2. The first kappa shape index (κ1) is 24.1. The molecule has 0 radical (unpaired) electrons. The molecule has 0 aromatic heterocycles. The van der Waals surface area contributed by atoms with Gasteiger partial charge in [-0.25, -0.2) is 9.59 Å². The van der Waals surface area contributed by atoms with Crippen LogP contribution in [-0.4, -0.2) is 34.6 Å². The molecule has 0 aliphatic heterocycles. The van der Waals surface area contributed by atoms with Crippen LogP contribution in [0.5, 0.6) is 5.75 Å². The van der Waals surface area contributed by atoms with Crippen LogP contribution in [0.2, 0.25) is 0 Å². The molecular weight excluding hydrogens is 423 g/mol. The second-order valence-electron chi connectivity index (χ2n) is 4.97. The zero-order valence-corrected chi connectivity index (χ0v) is 18.7. The van der Waals surface area contributed by atoms with Crippen molar-refractivity contribution in [2.75, 3.05) is 14.2 Å². The predicted octanol–water partition coefficient (Wildman–Crippen LogP) is -1.30. The van der Waals surface area contributed by atoms with E-state index in [1.54, 1.807) is 0 Å². The Morgan fingerprint density at radius 2 is 1.32 bits per heavy atom. The third kappa shape index (κ3) is 5.79. The molecule has 0 heterocycles. The SMILES string of the molecule is COC(=O)c1cc(C(=O)OC)cc(S(=O)(=O)Oc2ccc([S-](=O)=O)cc2)c1.[Na+]. The quantitative estimate of drug-likeness (QED) is 0.235. The third-order valence-electron chi connectivity index (χ3n) is 3.26. The Morgan fingerprint density at radius 1 is 0.857 bits per heavy atom. The van der Waals surface area contributed by atoms with E-state index in [1.807, 2.05) is 0 Å². The maximum absolute atomic E-state index is 12.5. The fourth-order valence-electron chi connectivity index (χ4n) is 2.00. The van der Waals surface area contributed by atoms with E-state index < -0.39 is 37.7 Å². The molecule has 0 aliphatic rings. The monoisotopic (exact) mass is 436 g/mol. The van der Waals surface area contributed by atoms with E-state index in [0.29, 0.717) is 0 Å². The summed E-state index contributed by atoms with van der Waals surface area (Å²) in [7, 11) is -4.72. The van der Waals surface area contributed by atoms with E-state index in [0.717, 1.165) is 56.7 Å². The number of hydrogen-bond acceptors (Lipinski definition) is 10. The summed E-state index contributed by atoms with van der Waals surface area (Å²) in [4.78, 5) is 23.0. The van der Waals surface area contributed by atoms with Crippen molar-refractivity contribution in [2.45, 2.75) is 9.79 Å². The fourth-order valence-corrected chi connectivity index (χ4v) is 3.36. The molecule has 0 spiro atoms. The van der Waals surface area contributed by atoms with Crippen molar-refractivity contribution in [3.05, 3.63) is 53.6 Å². The number of hydrogen-bond donors (Lipinski definition) is 0. The van der Waals surface area contributed by atoms with Gasteiger partial charge in [0.15, 0.2) is 0 Å². The van der Waals surface area contributed by atoms with Crippen molar-refractivity contribution in [2.24, 2.45) is 0 Å². The Labute approximate surface area is 185 Å². The zero-order valence-electron chi connectivity index (χ0n) is 15.0. The van der Waals surface area contributed by atoms with E-state index in [1.165, 1.54) is 0 Å². The van der Waals surface area contributed by atoms with Crippen molar-refractivity contribution < 1.29 is 69.6 Å². The summed E-state index contributed by atoms with van der Waals surface area (Å²) >= 11 is 0. The standard InChI is InChI=1S/C16H13O9S2.Na/c1-23-15(17)10-7-11(16(18)24-2)9-14(8-10)27(21,22)25-12-3-5-13(6-4-12)26(19)20;/h3-9H,1-2H3;/q-1;+1. The van der Waals surface area contributed by atoms with Gasteiger partial charge in [0, 0.05) is 0 Å². The number of rotatable bonds is 6. The first-order valence-corrected chi connectivity index (χ1v) is 9.62. The van der Waals surface area contributed by atoms with E-state index in [-0.39, 0.29) is 51.3 Å². The molecule has 2 aromatic carbocycles. The van der Waals surface area contributed by atoms with E-state index >= 15 is 0 Å². The molecule has 0 amide bonds. The van der Waals surface area contributed by atoms with Crippen LogP contribution in [0.1, 0.15) is 20.7 Å². The minimum Gasteiger partial charge on any atom is -0.465 e. The maximum Gasteiger partial charge on any atom is 1.00 e. The Hall–Kier alpha value is -1.92. The summed E-state index contributed by atoms with van der Waals surface area (Å²) in [6.07, 6.45) is 0. The smallest absolute Gasteiger partial charge is 0.465 e. The molecule has 0 fully saturated rings. The Kier molecular flexibility index (Phi) is 8.64. The molecule has 0 N–H and O–H groups in total. The Bertz CT molecular complexity index is 1020. The fraction of sp³-hybridized carbons (Fsp3) is 0.125. The van der Waals surface area contributed by atoms with Crippen LogP contribution in [-0.2, 0) is 38.7 Å². The van der Waals surface area contributed by atoms with Crippen molar-refractivity contribution in [1.29, 1.82) is 0 Å². The van der Waals surface area contributed by atoms with Crippen LogP contribution in [0.4, 0.5) is 0 Å². The molecule has 2 rings (SSSR count). The first-order chi connectivity index (χ1) is 12.7. The Balaban J connectivity index is 0.00000392. The molecule has 0 saturated heterocycles. The van der Waals surface area contributed by atoms with E-state index in [2.05, 4.69) is 9.47 Å². The number of carbonyl (C=O) groups is 2. The maximum atomic E-state index is 12.5. The molecule has 0 saturated carbocycles. The summed E-state index contributed by atoms with van der Waals surface area (Å²) in [6.45, 7) is 0. The number of carbonyl (C=O) groups excluding carboxylic acids is 2. The van der Waals surface area contributed by atoms with Crippen LogP contribution in [0.25, 0.3) is 0 Å². The summed E-state index contributed by atoms with van der Waals surface area (Å²) in [6, 6.07) is 7.68. The number of ether oxygens (including phenoxy) is 2. The summed E-state index contributed by atoms with van der Waals surface area (Å²) in [5.74, 6) is -1.88. The van der Waals surface area contributed by atoms with Crippen LogP contribution in [0.15, 0.2) is 52.3 Å². The van der Waals surface area contributed by atoms with Gasteiger partial charge < -0.3 is 22.1 Å². The normalized spacial score (nSPS) is 10.7. The van der Waals surface area contributed by atoms with Crippen molar-refractivity contribution >= 4 is 32.8 Å². The summed E-state index contributed by atoms with van der Waals surface area (Å²) < 4.78 is 60.7. The second-order valence-corrected chi connectivity index (χ2v) is 7.46. The molecule has 12 heteroatoms. The van der Waals surface area contributed by atoms with Gasteiger partial charge in [-0.05, 0) is 41.0 Å². The predicted molar refractivity (Wildman–Crippen MR) is 90.4 cm³/mol. The minimum atomic E-state index is -4.44.